The molecule has 1 saturated heterocycles. The number of aromatic nitrogens is 4. The van der Waals surface area contributed by atoms with Crippen molar-refractivity contribution in [1.29, 1.82) is 0 Å². The van der Waals surface area contributed by atoms with Gasteiger partial charge in [0.1, 0.15) is 28.7 Å². The molecule has 6 rings (SSSR count). The molecule has 0 saturated carbocycles. The average Bonchev–Trinajstić information content (AvgIpc) is 3.35. The van der Waals surface area contributed by atoms with Crippen molar-refractivity contribution in [2.45, 2.75) is 56.1 Å². The van der Waals surface area contributed by atoms with Crippen molar-refractivity contribution < 1.29 is 17.5 Å². The second-order valence-corrected chi connectivity index (χ2v) is 12.4. The van der Waals surface area contributed by atoms with E-state index in [-0.39, 0.29) is 22.4 Å². The van der Waals surface area contributed by atoms with E-state index in [0.29, 0.717) is 28.9 Å². The summed E-state index contributed by atoms with van der Waals surface area (Å²) < 4.78 is 50.3. The van der Waals surface area contributed by atoms with Crippen molar-refractivity contribution in [2.75, 3.05) is 23.7 Å². The largest absolute Gasteiger partial charge is 0.382 e. The molecule has 0 spiro atoms. The number of anilines is 2. The lowest BCUT2D eigenvalue weighted by Gasteiger charge is -2.33. The van der Waals surface area contributed by atoms with Gasteiger partial charge in [0.05, 0.1) is 36.8 Å². The summed E-state index contributed by atoms with van der Waals surface area (Å²) in [5.74, 6) is 0.363. The first-order chi connectivity index (χ1) is 19.7. The number of ether oxygens (including phenoxy) is 1. The molecule has 1 fully saturated rings. The van der Waals surface area contributed by atoms with Gasteiger partial charge in [-0.25, -0.2) is 19.3 Å². The van der Waals surface area contributed by atoms with E-state index in [9.17, 15) is 8.42 Å². The Kier molecular flexibility index (Phi) is 7.22. The predicted molar refractivity (Wildman–Crippen MR) is 155 cm³/mol. The van der Waals surface area contributed by atoms with E-state index in [2.05, 4.69) is 26.1 Å². The normalized spacial score (nSPS) is 18.0. The van der Waals surface area contributed by atoms with Gasteiger partial charge in [0.15, 0.2) is 5.03 Å². The Morgan fingerprint density at radius 1 is 1.15 bits per heavy atom. The molecule has 1 aliphatic carbocycles. The van der Waals surface area contributed by atoms with Gasteiger partial charge in [-0.1, -0.05) is 32.1 Å². The number of nitrogen functional groups attached to an aromatic ring is 1. The molecule has 4 N–H and O–H groups in total. The Morgan fingerprint density at radius 3 is 2.61 bits per heavy atom. The Hall–Kier alpha value is -3.87. The lowest BCUT2D eigenvalue weighted by atomic mass is 9.92. The fraction of sp³-hybridized carbons (Fsp3) is 0.345. The Morgan fingerprint density at radius 2 is 1.98 bits per heavy atom. The summed E-state index contributed by atoms with van der Waals surface area (Å²) in [5, 5.41) is 3.45. The number of fused-ring (bicyclic) bond motifs is 1. The lowest BCUT2D eigenvalue weighted by molar-refractivity contribution is -0.0103. The molecule has 1 aliphatic heterocycles. The van der Waals surface area contributed by atoms with Gasteiger partial charge < -0.3 is 15.8 Å². The minimum atomic E-state index is -4.06. The van der Waals surface area contributed by atoms with Crippen LogP contribution in [-0.2, 0) is 14.8 Å². The fourth-order valence-electron chi connectivity index (χ4n) is 5.31. The molecule has 214 valence electrons. The zero-order valence-corrected chi connectivity index (χ0v) is 23.7. The van der Waals surface area contributed by atoms with Gasteiger partial charge in [0.25, 0.3) is 10.0 Å². The van der Waals surface area contributed by atoms with Crippen LogP contribution in [0.4, 0.5) is 15.9 Å². The van der Waals surface area contributed by atoms with Crippen LogP contribution in [0.1, 0.15) is 50.5 Å². The van der Waals surface area contributed by atoms with Crippen molar-refractivity contribution >= 4 is 32.6 Å². The highest BCUT2D eigenvalue weighted by atomic mass is 32.2. The van der Waals surface area contributed by atoms with Crippen LogP contribution in [0.15, 0.2) is 59.9 Å². The van der Waals surface area contributed by atoms with Crippen LogP contribution >= 0.6 is 0 Å². The first-order valence-corrected chi connectivity index (χ1v) is 15.1. The maximum absolute atomic E-state index is 15.3. The maximum Gasteiger partial charge on any atom is 0.279 e. The van der Waals surface area contributed by atoms with Gasteiger partial charge in [-0.05, 0) is 49.1 Å². The summed E-state index contributed by atoms with van der Waals surface area (Å²) >= 11 is 0. The lowest BCUT2D eigenvalue weighted by Crippen LogP contribution is -2.50. The molecule has 10 nitrogen and oxygen atoms in total. The number of sulfonamides is 1. The first-order valence-electron chi connectivity index (χ1n) is 13.6. The van der Waals surface area contributed by atoms with Crippen LogP contribution in [0.2, 0.25) is 0 Å². The topological polar surface area (TPSA) is 137 Å². The summed E-state index contributed by atoms with van der Waals surface area (Å²) in [6.07, 6.45) is 8.16. The summed E-state index contributed by atoms with van der Waals surface area (Å²) in [7, 11) is -4.06. The first kappa shape index (κ1) is 27.3. The number of imidazole rings is 1. The summed E-state index contributed by atoms with van der Waals surface area (Å²) in [6.45, 7) is 5.63. The van der Waals surface area contributed by atoms with Crippen LogP contribution in [-0.4, -0.2) is 53.1 Å². The number of hydrogen-bond donors (Lipinski definition) is 3. The molecule has 3 aromatic heterocycles. The number of pyridine rings is 1. The van der Waals surface area contributed by atoms with Gasteiger partial charge in [-0.15, -0.1) is 0 Å². The third-order valence-corrected chi connectivity index (χ3v) is 8.76. The van der Waals surface area contributed by atoms with E-state index in [1.54, 1.807) is 24.4 Å². The van der Waals surface area contributed by atoms with E-state index in [1.165, 1.54) is 30.0 Å². The highest BCUT2D eigenvalue weighted by Gasteiger charge is 2.27. The highest BCUT2D eigenvalue weighted by Crippen LogP contribution is 2.36. The maximum atomic E-state index is 15.3. The Labute approximate surface area is 237 Å². The number of hydrogen-bond acceptors (Lipinski definition) is 8. The zero-order chi connectivity index (χ0) is 28.7. The molecule has 41 heavy (non-hydrogen) atoms. The van der Waals surface area contributed by atoms with E-state index in [1.807, 2.05) is 18.2 Å². The Balaban J connectivity index is 1.36. The number of nitrogens with two attached hydrogens (primary N) is 1. The molecule has 2 aliphatic rings. The quantitative estimate of drug-likeness (QED) is 0.281. The van der Waals surface area contributed by atoms with Crippen LogP contribution < -0.4 is 15.8 Å². The third-order valence-electron chi connectivity index (χ3n) is 7.48. The van der Waals surface area contributed by atoms with Gasteiger partial charge in [0, 0.05) is 23.7 Å². The molecule has 0 unspecified atom stereocenters. The molecule has 12 heteroatoms. The smallest absolute Gasteiger partial charge is 0.279 e. The minimum Gasteiger partial charge on any atom is -0.382 e. The molecule has 0 bridgehead atoms. The number of nitrogens with zero attached hydrogens (tertiary/aromatic N) is 4. The van der Waals surface area contributed by atoms with Gasteiger partial charge >= 0.3 is 0 Å². The summed E-state index contributed by atoms with van der Waals surface area (Å²) in [6, 6.07) is 9.59. The molecule has 1 aromatic carbocycles. The second kappa shape index (κ2) is 10.8. The fourth-order valence-corrected chi connectivity index (χ4v) is 6.33. The molecule has 0 radical (unpaired) electrons. The van der Waals surface area contributed by atoms with Crippen molar-refractivity contribution in [3.8, 4) is 11.3 Å². The standard InChI is InChI=1S/C29H32FN7O3S/c1-17(2)29-35-26(19-8-11-23(22(30)13-19)36-41(38,39)25-5-3-4-12-32-25)27-28(31)33-14-24(37(27)29)18-6-9-20(10-7-18)34-21-15-40-16-21/h3-6,8,11-14,17,20-21,34,36H,7,9-10,15-16H2,1-2H3,(H2,31,33)/t20-/m0/s1. The monoisotopic (exact) mass is 577 g/mol. The number of halogens is 1. The Bertz CT molecular complexity index is 1730. The third kappa shape index (κ3) is 5.30. The van der Waals surface area contributed by atoms with Crippen LogP contribution in [0, 0.1) is 5.82 Å². The number of nitrogens with one attached hydrogen (secondary N) is 2. The van der Waals surface area contributed by atoms with E-state index >= 15 is 4.39 Å². The van der Waals surface area contributed by atoms with E-state index in [0.717, 1.165) is 44.0 Å². The molecule has 1 atom stereocenters. The number of allylic oxidation sites excluding steroid dienone is 1. The number of benzene rings is 1. The summed E-state index contributed by atoms with van der Waals surface area (Å²) in [4.78, 5) is 13.3. The highest BCUT2D eigenvalue weighted by molar-refractivity contribution is 7.92. The van der Waals surface area contributed by atoms with Crippen molar-refractivity contribution in [2.24, 2.45) is 0 Å². The predicted octanol–water partition coefficient (Wildman–Crippen LogP) is 4.36. The molecular weight excluding hydrogens is 545 g/mol. The van der Waals surface area contributed by atoms with E-state index in [4.69, 9.17) is 15.5 Å². The van der Waals surface area contributed by atoms with Crippen LogP contribution in [0.3, 0.4) is 0 Å². The van der Waals surface area contributed by atoms with Crippen molar-refractivity contribution in [1.82, 2.24) is 24.7 Å². The van der Waals surface area contributed by atoms with Crippen molar-refractivity contribution in [3.05, 3.63) is 72.2 Å². The van der Waals surface area contributed by atoms with Gasteiger partial charge in [-0.2, -0.15) is 8.42 Å². The van der Waals surface area contributed by atoms with Crippen molar-refractivity contribution in [3.63, 3.8) is 0 Å². The van der Waals surface area contributed by atoms with Crippen LogP contribution in [0.25, 0.3) is 22.3 Å². The van der Waals surface area contributed by atoms with Crippen LogP contribution in [0.5, 0.6) is 0 Å². The molecule has 4 heterocycles. The SMILES string of the molecule is CC(C)c1nc(-c2ccc(NS(=O)(=O)c3ccccn3)c(F)c2)c2c(N)ncc(C3=CC[C@H](NC4COC4)CC3)n12. The summed E-state index contributed by atoms with van der Waals surface area (Å²) in [5.41, 5.74) is 9.85. The van der Waals surface area contributed by atoms with Gasteiger partial charge in [0.2, 0.25) is 0 Å². The molecule has 4 aromatic rings. The molecular formula is C29H32FN7O3S. The molecule has 0 amide bonds. The number of rotatable bonds is 8. The second-order valence-electron chi connectivity index (χ2n) is 10.8. The average molecular weight is 578 g/mol. The minimum absolute atomic E-state index is 0.0447. The zero-order valence-electron chi connectivity index (χ0n) is 22.8. The van der Waals surface area contributed by atoms with Gasteiger partial charge in [-0.3, -0.25) is 9.12 Å². The van der Waals surface area contributed by atoms with E-state index < -0.39 is 15.8 Å².